The van der Waals surface area contributed by atoms with Gasteiger partial charge in [-0.3, -0.25) is 9.59 Å². The third-order valence-electron chi connectivity index (χ3n) is 5.00. The Morgan fingerprint density at radius 1 is 1.03 bits per heavy atom. The summed E-state index contributed by atoms with van der Waals surface area (Å²) in [4.78, 5) is 49.6. The molecule has 162 valence electrons. The molecule has 1 aliphatic rings. The lowest BCUT2D eigenvalue weighted by Crippen LogP contribution is -2.24. The molecule has 0 radical (unpaired) electrons. The summed E-state index contributed by atoms with van der Waals surface area (Å²) >= 11 is 0. The Labute approximate surface area is 180 Å². The van der Waals surface area contributed by atoms with Crippen molar-refractivity contribution in [3.8, 4) is 0 Å². The number of nitrogens with one attached hydrogen (secondary N) is 1. The Morgan fingerprint density at radius 3 is 2.39 bits per heavy atom. The molecule has 2 amide bonds. The maximum Gasteiger partial charge on any atom is 0.338 e. The second-order valence-corrected chi connectivity index (χ2v) is 7.26. The lowest BCUT2D eigenvalue weighted by atomic mass is 10.1. The molecule has 3 rings (SSSR count). The van der Waals surface area contributed by atoms with Crippen LogP contribution in [0.5, 0.6) is 0 Å². The molecule has 0 atom stereocenters. The number of hydrogen-bond donors (Lipinski definition) is 1. The van der Waals surface area contributed by atoms with Gasteiger partial charge in [-0.1, -0.05) is 18.2 Å². The van der Waals surface area contributed by atoms with Gasteiger partial charge >= 0.3 is 11.9 Å². The van der Waals surface area contributed by atoms with E-state index in [0.717, 1.165) is 24.1 Å². The highest BCUT2D eigenvalue weighted by Crippen LogP contribution is 2.18. The van der Waals surface area contributed by atoms with Crippen LogP contribution in [0.1, 0.15) is 44.7 Å². The van der Waals surface area contributed by atoms with Crippen LogP contribution in [-0.4, -0.2) is 48.9 Å². The number of likely N-dealkylation sites (tertiary alicyclic amines) is 1. The van der Waals surface area contributed by atoms with Gasteiger partial charge in [0.25, 0.3) is 5.91 Å². The van der Waals surface area contributed by atoms with Crippen LogP contribution in [0.2, 0.25) is 0 Å². The van der Waals surface area contributed by atoms with E-state index in [4.69, 9.17) is 4.74 Å². The average molecular weight is 424 g/mol. The van der Waals surface area contributed by atoms with E-state index in [1.54, 1.807) is 48.2 Å². The van der Waals surface area contributed by atoms with E-state index in [-0.39, 0.29) is 5.91 Å². The molecule has 1 heterocycles. The van der Waals surface area contributed by atoms with Crippen LogP contribution >= 0.6 is 0 Å². The fourth-order valence-corrected chi connectivity index (χ4v) is 3.24. The Morgan fingerprint density at radius 2 is 1.74 bits per heavy atom. The first kappa shape index (κ1) is 22.0. The van der Waals surface area contributed by atoms with E-state index in [1.807, 2.05) is 0 Å². The van der Waals surface area contributed by atoms with Gasteiger partial charge in [-0.25, -0.2) is 9.59 Å². The van der Waals surface area contributed by atoms with Crippen LogP contribution in [0.15, 0.2) is 42.5 Å². The van der Waals surface area contributed by atoms with Crippen LogP contribution in [0.25, 0.3) is 0 Å². The van der Waals surface area contributed by atoms with Crippen molar-refractivity contribution in [2.75, 3.05) is 25.6 Å². The highest BCUT2D eigenvalue weighted by Gasteiger charge is 2.20. The summed E-state index contributed by atoms with van der Waals surface area (Å²) in [5, 5.41) is 2.63. The Hall–Kier alpha value is -3.68. The number of carbonyl (C=O) groups excluding carboxylic acids is 4. The van der Waals surface area contributed by atoms with E-state index < -0.39 is 24.5 Å². The highest BCUT2D eigenvalue weighted by atomic mass is 16.5. The molecule has 0 aliphatic carbocycles. The number of hydrogen-bond acceptors (Lipinski definition) is 6. The van der Waals surface area contributed by atoms with Gasteiger partial charge in [-0.15, -0.1) is 0 Å². The number of nitrogens with zero attached hydrogens (tertiary/aromatic N) is 1. The maximum atomic E-state index is 12.2. The van der Waals surface area contributed by atoms with Crippen LogP contribution in [-0.2, 0) is 25.6 Å². The summed E-state index contributed by atoms with van der Waals surface area (Å²) < 4.78 is 9.76. The van der Waals surface area contributed by atoms with Crippen molar-refractivity contribution in [1.82, 2.24) is 4.90 Å². The molecule has 8 nitrogen and oxygen atoms in total. The van der Waals surface area contributed by atoms with Crippen LogP contribution < -0.4 is 5.32 Å². The number of aryl methyl sites for hydroxylation is 1. The first-order chi connectivity index (χ1) is 14.9. The molecule has 1 aliphatic heterocycles. The molecule has 1 saturated heterocycles. The van der Waals surface area contributed by atoms with Crippen molar-refractivity contribution in [3.63, 3.8) is 0 Å². The standard InChI is InChI=1S/C23H24N2O6/c1-15-5-8-18(22(28)30-2)12-19(15)24-20(26)14-31-23(29)17-9-6-16(7-10-17)13-25-11-3-4-21(25)27/h5-10,12H,3-4,11,13-14H2,1-2H3,(H,24,26). The molecule has 0 bridgehead atoms. The molecule has 0 unspecified atom stereocenters. The number of anilines is 1. The monoisotopic (exact) mass is 424 g/mol. The number of carbonyl (C=O) groups is 4. The second-order valence-electron chi connectivity index (χ2n) is 7.26. The largest absolute Gasteiger partial charge is 0.465 e. The van der Waals surface area contributed by atoms with Crippen molar-refractivity contribution in [3.05, 3.63) is 64.7 Å². The Balaban J connectivity index is 1.53. The van der Waals surface area contributed by atoms with Crippen LogP contribution in [0.4, 0.5) is 5.69 Å². The van der Waals surface area contributed by atoms with Gasteiger partial charge in [0.15, 0.2) is 6.61 Å². The molecule has 8 heteroatoms. The lowest BCUT2D eigenvalue weighted by Gasteiger charge is -2.15. The Kier molecular flexibility index (Phi) is 7.02. The predicted octanol–water partition coefficient (Wildman–Crippen LogP) is 2.70. The van der Waals surface area contributed by atoms with E-state index in [9.17, 15) is 19.2 Å². The summed E-state index contributed by atoms with van der Waals surface area (Å²) in [6.45, 7) is 2.57. The van der Waals surface area contributed by atoms with Gasteiger partial charge < -0.3 is 19.7 Å². The van der Waals surface area contributed by atoms with Crippen molar-refractivity contribution >= 4 is 29.4 Å². The molecular weight excluding hydrogens is 400 g/mol. The molecule has 2 aromatic rings. The third kappa shape index (κ3) is 5.69. The SMILES string of the molecule is COC(=O)c1ccc(C)c(NC(=O)COC(=O)c2ccc(CN3CCCC3=O)cc2)c1. The molecule has 0 aromatic heterocycles. The molecule has 31 heavy (non-hydrogen) atoms. The topological polar surface area (TPSA) is 102 Å². The molecule has 1 N–H and O–H groups in total. The predicted molar refractivity (Wildman–Crippen MR) is 113 cm³/mol. The fourth-order valence-electron chi connectivity index (χ4n) is 3.24. The number of rotatable bonds is 7. The zero-order valence-electron chi connectivity index (χ0n) is 17.5. The van der Waals surface area contributed by atoms with Crippen molar-refractivity contribution in [1.29, 1.82) is 0 Å². The van der Waals surface area contributed by atoms with Crippen LogP contribution in [0.3, 0.4) is 0 Å². The molecule has 0 saturated carbocycles. The number of amides is 2. The first-order valence-corrected chi connectivity index (χ1v) is 9.90. The van der Waals surface area contributed by atoms with Crippen molar-refractivity contribution in [2.45, 2.75) is 26.3 Å². The molecule has 1 fully saturated rings. The third-order valence-corrected chi connectivity index (χ3v) is 5.00. The summed E-state index contributed by atoms with van der Waals surface area (Å²) in [5.74, 6) is -1.53. The normalized spacial score (nSPS) is 13.1. The smallest absolute Gasteiger partial charge is 0.338 e. The highest BCUT2D eigenvalue weighted by molar-refractivity contribution is 5.97. The number of methoxy groups -OCH3 is 1. The van der Waals surface area contributed by atoms with Gasteiger partial charge in [0.05, 0.1) is 18.2 Å². The maximum absolute atomic E-state index is 12.2. The Bertz CT molecular complexity index is 1000. The van der Waals surface area contributed by atoms with Gasteiger partial charge in [-0.2, -0.15) is 0 Å². The number of ether oxygens (including phenoxy) is 2. The minimum atomic E-state index is -0.626. The first-order valence-electron chi connectivity index (χ1n) is 9.90. The van der Waals surface area contributed by atoms with E-state index in [0.29, 0.717) is 29.8 Å². The summed E-state index contributed by atoms with van der Waals surface area (Å²) in [7, 11) is 1.28. The summed E-state index contributed by atoms with van der Waals surface area (Å²) in [6, 6.07) is 11.5. The minimum absolute atomic E-state index is 0.141. The van der Waals surface area contributed by atoms with Gasteiger partial charge in [0.2, 0.25) is 5.91 Å². The fraction of sp³-hybridized carbons (Fsp3) is 0.304. The zero-order chi connectivity index (χ0) is 22.4. The molecule has 2 aromatic carbocycles. The van der Waals surface area contributed by atoms with E-state index in [1.165, 1.54) is 13.2 Å². The minimum Gasteiger partial charge on any atom is -0.465 e. The second kappa shape index (κ2) is 9.88. The van der Waals surface area contributed by atoms with Crippen molar-refractivity contribution in [2.24, 2.45) is 0 Å². The van der Waals surface area contributed by atoms with Crippen LogP contribution in [0, 0.1) is 6.92 Å². The number of benzene rings is 2. The number of esters is 2. The molecule has 0 spiro atoms. The van der Waals surface area contributed by atoms with Gasteiger partial charge in [0.1, 0.15) is 0 Å². The summed E-state index contributed by atoms with van der Waals surface area (Å²) in [5.41, 5.74) is 2.72. The average Bonchev–Trinajstić information content (AvgIpc) is 3.17. The van der Waals surface area contributed by atoms with E-state index in [2.05, 4.69) is 10.1 Å². The quantitative estimate of drug-likeness (QED) is 0.686. The van der Waals surface area contributed by atoms with Gasteiger partial charge in [-0.05, 0) is 48.7 Å². The van der Waals surface area contributed by atoms with E-state index >= 15 is 0 Å². The molecular formula is C23H24N2O6. The lowest BCUT2D eigenvalue weighted by molar-refractivity contribution is -0.128. The summed E-state index contributed by atoms with van der Waals surface area (Å²) in [6.07, 6.45) is 1.46. The van der Waals surface area contributed by atoms with Crippen molar-refractivity contribution < 1.29 is 28.7 Å². The zero-order valence-corrected chi connectivity index (χ0v) is 17.5. The van der Waals surface area contributed by atoms with Gasteiger partial charge in [0, 0.05) is 25.2 Å².